The summed E-state index contributed by atoms with van der Waals surface area (Å²) in [7, 11) is 3.57. The van der Waals surface area contributed by atoms with Crippen LogP contribution in [0.2, 0.25) is 0 Å². The van der Waals surface area contributed by atoms with Crippen LogP contribution in [0.15, 0.2) is 36.4 Å². The number of rotatable bonds is 5. The summed E-state index contributed by atoms with van der Waals surface area (Å²) in [6, 6.07) is 12.2. The second-order valence-electron chi connectivity index (χ2n) is 13.5. The van der Waals surface area contributed by atoms with E-state index in [1.165, 1.54) is 25.7 Å². The molecule has 200 valence electrons. The standard InChI is InChI=1S/C33H45NO3/c1-21-11-15-32(20-36-3)25(17-21)12-16-33(34)28-10-9-27(31(28,2)14-13-29(32)33)30(35)24-6-5-23-19-26(37-4)8-7-22(23)18-24/h5-8,18-19,21,25,27-29H,9-17,20,34H2,1-4H3/t21-,25?,27+,28?,29?,31+,32+,33+/m0/s1. The highest BCUT2D eigenvalue weighted by atomic mass is 16.5. The summed E-state index contributed by atoms with van der Waals surface area (Å²) in [6.45, 7) is 5.68. The van der Waals surface area contributed by atoms with Crippen molar-refractivity contribution < 1.29 is 14.3 Å². The number of methoxy groups -OCH3 is 2. The van der Waals surface area contributed by atoms with Crippen molar-refractivity contribution >= 4 is 16.6 Å². The van der Waals surface area contributed by atoms with Crippen LogP contribution in [0.3, 0.4) is 0 Å². The topological polar surface area (TPSA) is 61.5 Å². The minimum absolute atomic E-state index is 0.0275. The highest BCUT2D eigenvalue weighted by molar-refractivity contribution is 6.02. The zero-order valence-corrected chi connectivity index (χ0v) is 23.2. The van der Waals surface area contributed by atoms with Crippen molar-refractivity contribution in [2.75, 3.05) is 20.8 Å². The van der Waals surface area contributed by atoms with Crippen LogP contribution >= 0.6 is 0 Å². The van der Waals surface area contributed by atoms with Crippen molar-refractivity contribution in [1.82, 2.24) is 0 Å². The Morgan fingerprint density at radius 1 is 0.946 bits per heavy atom. The predicted octanol–water partition coefficient (Wildman–Crippen LogP) is 7.03. The Hall–Kier alpha value is -1.91. The molecule has 0 bridgehead atoms. The zero-order valence-electron chi connectivity index (χ0n) is 23.2. The Morgan fingerprint density at radius 3 is 2.51 bits per heavy atom. The number of hydrogen-bond donors (Lipinski definition) is 1. The average molecular weight is 504 g/mol. The van der Waals surface area contributed by atoms with Crippen molar-refractivity contribution in [3.05, 3.63) is 42.0 Å². The van der Waals surface area contributed by atoms with E-state index in [9.17, 15) is 4.79 Å². The van der Waals surface area contributed by atoms with E-state index in [4.69, 9.17) is 15.2 Å². The largest absolute Gasteiger partial charge is 0.497 e. The van der Waals surface area contributed by atoms with Gasteiger partial charge in [-0.1, -0.05) is 38.5 Å². The number of hydrogen-bond acceptors (Lipinski definition) is 4. The Balaban J connectivity index is 1.30. The lowest BCUT2D eigenvalue weighted by Gasteiger charge is -2.66. The van der Waals surface area contributed by atoms with Gasteiger partial charge in [0.2, 0.25) is 0 Å². The SMILES string of the molecule is COC[C@]12CC[C@H](C)CC1CC[C@]1(N)C2CC[C@@]2(C)C1CC[C@@H]2C(=O)c1ccc2cc(OC)ccc2c1. The Kier molecular flexibility index (Phi) is 6.23. The Morgan fingerprint density at radius 2 is 1.73 bits per heavy atom. The van der Waals surface area contributed by atoms with Gasteiger partial charge in [0.05, 0.1) is 13.7 Å². The summed E-state index contributed by atoms with van der Waals surface area (Å²) in [5.74, 6) is 3.67. The third kappa shape index (κ3) is 3.72. The van der Waals surface area contributed by atoms with E-state index in [1.54, 1.807) is 7.11 Å². The van der Waals surface area contributed by atoms with Gasteiger partial charge in [-0.25, -0.2) is 0 Å². The van der Waals surface area contributed by atoms with Gasteiger partial charge in [0.25, 0.3) is 0 Å². The highest BCUT2D eigenvalue weighted by Gasteiger charge is 2.67. The fourth-order valence-electron chi connectivity index (χ4n) is 10.1. The fraction of sp³-hybridized carbons (Fsp3) is 0.667. The monoisotopic (exact) mass is 503 g/mol. The lowest BCUT2D eigenvalue weighted by atomic mass is 9.41. The molecule has 4 heteroatoms. The van der Waals surface area contributed by atoms with Crippen LogP contribution in [0.1, 0.15) is 82.0 Å². The molecular formula is C33H45NO3. The van der Waals surface area contributed by atoms with Gasteiger partial charge in [-0.3, -0.25) is 4.79 Å². The lowest BCUT2D eigenvalue weighted by Crippen LogP contribution is -2.69. The number of ketones is 1. The molecule has 2 aromatic rings. The second kappa shape index (κ2) is 9.09. The van der Waals surface area contributed by atoms with Gasteiger partial charge in [-0.05, 0) is 109 Å². The van der Waals surface area contributed by atoms with Crippen LogP contribution in [-0.4, -0.2) is 32.1 Å². The number of ether oxygens (including phenoxy) is 2. The van der Waals surface area contributed by atoms with Crippen molar-refractivity contribution in [2.24, 2.45) is 46.2 Å². The van der Waals surface area contributed by atoms with Crippen molar-refractivity contribution in [1.29, 1.82) is 0 Å². The summed E-state index contributed by atoms with van der Waals surface area (Å²) in [6.07, 6.45) is 10.5. The first-order valence-electron chi connectivity index (χ1n) is 14.6. The van der Waals surface area contributed by atoms with Crippen molar-refractivity contribution in [2.45, 2.75) is 77.2 Å². The van der Waals surface area contributed by atoms with Crippen LogP contribution < -0.4 is 10.5 Å². The minimum Gasteiger partial charge on any atom is -0.497 e. The molecule has 8 atom stereocenters. The molecule has 0 heterocycles. The molecule has 0 radical (unpaired) electrons. The second-order valence-corrected chi connectivity index (χ2v) is 13.5. The van der Waals surface area contributed by atoms with Crippen LogP contribution in [0.4, 0.5) is 0 Å². The normalized spacial score (nSPS) is 41.1. The fourth-order valence-corrected chi connectivity index (χ4v) is 10.1. The van der Waals surface area contributed by atoms with Crippen molar-refractivity contribution in [3.8, 4) is 5.75 Å². The van der Waals surface area contributed by atoms with E-state index in [0.717, 1.165) is 72.6 Å². The number of Topliss-reactive ketones (excluding diaryl/α,β-unsaturated/α-hetero) is 1. The van der Waals surface area contributed by atoms with Gasteiger partial charge in [0.1, 0.15) is 5.75 Å². The molecular weight excluding hydrogens is 458 g/mol. The molecule has 0 spiro atoms. The van der Waals surface area contributed by atoms with Crippen LogP contribution in [-0.2, 0) is 4.74 Å². The van der Waals surface area contributed by atoms with Crippen molar-refractivity contribution in [3.63, 3.8) is 0 Å². The molecule has 3 unspecified atom stereocenters. The molecule has 0 saturated heterocycles. The number of benzene rings is 2. The van der Waals surface area contributed by atoms with E-state index >= 15 is 0 Å². The van der Waals surface area contributed by atoms with E-state index < -0.39 is 0 Å². The number of carbonyl (C=O) groups excluding carboxylic acids is 1. The number of nitrogens with two attached hydrogens (primary N) is 1. The maximum Gasteiger partial charge on any atom is 0.166 e. The van der Waals surface area contributed by atoms with Gasteiger partial charge in [0, 0.05) is 29.5 Å². The van der Waals surface area contributed by atoms with E-state index in [1.807, 2.05) is 25.3 Å². The van der Waals surface area contributed by atoms with Crippen LogP contribution in [0.5, 0.6) is 5.75 Å². The summed E-state index contributed by atoms with van der Waals surface area (Å²) in [4.78, 5) is 14.1. The molecule has 2 N–H and O–H groups in total. The zero-order chi connectivity index (χ0) is 26.0. The number of fused-ring (bicyclic) bond motifs is 6. The van der Waals surface area contributed by atoms with Crippen LogP contribution in [0.25, 0.3) is 10.8 Å². The summed E-state index contributed by atoms with van der Waals surface area (Å²) in [5.41, 5.74) is 8.47. The minimum atomic E-state index is -0.183. The van der Waals surface area contributed by atoms with Gasteiger partial charge < -0.3 is 15.2 Å². The molecule has 0 amide bonds. The van der Waals surface area contributed by atoms with Gasteiger partial charge in [-0.15, -0.1) is 0 Å². The van der Waals surface area contributed by atoms with E-state index in [-0.39, 0.29) is 22.3 Å². The molecule has 6 rings (SSSR count). The third-order valence-corrected chi connectivity index (χ3v) is 11.9. The highest BCUT2D eigenvalue weighted by Crippen LogP contribution is 2.68. The summed E-state index contributed by atoms with van der Waals surface area (Å²) >= 11 is 0. The van der Waals surface area contributed by atoms with Gasteiger partial charge in [-0.2, -0.15) is 0 Å². The molecule has 4 aliphatic carbocycles. The molecule has 4 fully saturated rings. The molecule has 37 heavy (non-hydrogen) atoms. The molecule has 4 saturated carbocycles. The smallest absolute Gasteiger partial charge is 0.166 e. The summed E-state index contributed by atoms with van der Waals surface area (Å²) in [5, 5.41) is 2.20. The molecule has 2 aromatic carbocycles. The Bertz CT molecular complexity index is 1190. The summed E-state index contributed by atoms with van der Waals surface area (Å²) < 4.78 is 11.3. The molecule has 4 nitrogen and oxygen atoms in total. The van der Waals surface area contributed by atoms with Gasteiger partial charge >= 0.3 is 0 Å². The molecule has 0 aromatic heterocycles. The van der Waals surface area contributed by atoms with E-state index in [0.29, 0.717) is 17.6 Å². The quantitative estimate of drug-likeness (QED) is 0.445. The predicted molar refractivity (Wildman–Crippen MR) is 149 cm³/mol. The first kappa shape index (κ1) is 25.4. The number of carbonyl (C=O) groups is 1. The average Bonchev–Trinajstić information content (AvgIpc) is 3.26. The first-order chi connectivity index (χ1) is 17.7. The van der Waals surface area contributed by atoms with Crippen LogP contribution in [0, 0.1) is 40.4 Å². The Labute approximate surface area is 222 Å². The maximum atomic E-state index is 14.1. The molecule has 4 aliphatic rings. The third-order valence-electron chi connectivity index (χ3n) is 11.9. The molecule has 0 aliphatic heterocycles. The lowest BCUT2D eigenvalue weighted by molar-refractivity contribution is -0.159. The first-order valence-corrected chi connectivity index (χ1v) is 14.6. The maximum absolute atomic E-state index is 14.1. The van der Waals surface area contributed by atoms with E-state index in [2.05, 4.69) is 32.0 Å². The van der Waals surface area contributed by atoms with Gasteiger partial charge in [0.15, 0.2) is 5.78 Å².